The number of aromatic nitrogens is 6. The smallest absolute Gasteiger partial charge is 0.278 e. The Morgan fingerprint density at radius 1 is 1.38 bits per heavy atom. The summed E-state index contributed by atoms with van der Waals surface area (Å²) in [6.45, 7) is 2.86. The maximum absolute atomic E-state index is 12.6. The highest BCUT2D eigenvalue weighted by Gasteiger charge is 2.32. The second-order valence-electron chi connectivity index (χ2n) is 5.52. The minimum atomic E-state index is -0.140. The average molecular weight is 325 g/mol. The third kappa shape index (κ3) is 2.25. The van der Waals surface area contributed by atoms with Crippen LogP contribution >= 0.6 is 0 Å². The van der Waals surface area contributed by atoms with Gasteiger partial charge in [-0.1, -0.05) is 12.1 Å². The van der Waals surface area contributed by atoms with Gasteiger partial charge in [-0.15, -0.1) is 0 Å². The maximum Gasteiger partial charge on any atom is 0.278 e. The zero-order valence-corrected chi connectivity index (χ0v) is 13.3. The van der Waals surface area contributed by atoms with Crippen molar-refractivity contribution in [3.05, 3.63) is 41.4 Å². The first-order valence-electron chi connectivity index (χ1n) is 7.60. The molecule has 1 aliphatic heterocycles. The second-order valence-corrected chi connectivity index (χ2v) is 5.52. The van der Waals surface area contributed by atoms with Crippen LogP contribution in [0.1, 0.15) is 34.5 Å². The fraction of sp³-hybridized carbons (Fsp3) is 0.333. The van der Waals surface area contributed by atoms with E-state index in [0.717, 1.165) is 11.3 Å². The van der Waals surface area contributed by atoms with E-state index in [1.807, 2.05) is 14.0 Å². The number of hydrogen-bond donors (Lipinski definition) is 0. The van der Waals surface area contributed by atoms with Crippen molar-refractivity contribution in [3.63, 3.8) is 0 Å². The highest BCUT2D eigenvalue weighted by Crippen LogP contribution is 2.31. The standard InChI is InChI=1S/C15H15N7O2/c1-3-12-18-14(24-20-12)13-9-6-22(7-11(9)21(2)19-13)15(23)10-4-5-16-8-17-10/h4-5,8H,3,6-7H2,1-2H3. The molecule has 9 nitrogen and oxygen atoms in total. The lowest BCUT2D eigenvalue weighted by Crippen LogP contribution is -2.27. The Morgan fingerprint density at radius 2 is 2.25 bits per heavy atom. The van der Waals surface area contributed by atoms with E-state index in [0.29, 0.717) is 42.6 Å². The molecule has 0 spiro atoms. The van der Waals surface area contributed by atoms with E-state index in [9.17, 15) is 4.79 Å². The number of aryl methyl sites for hydroxylation is 2. The molecule has 0 atom stereocenters. The Morgan fingerprint density at radius 3 is 2.96 bits per heavy atom. The zero-order chi connectivity index (χ0) is 16.7. The number of hydrogen-bond acceptors (Lipinski definition) is 7. The maximum atomic E-state index is 12.6. The summed E-state index contributed by atoms with van der Waals surface area (Å²) in [4.78, 5) is 26.5. The number of rotatable bonds is 3. The van der Waals surface area contributed by atoms with Crippen LogP contribution in [0.5, 0.6) is 0 Å². The van der Waals surface area contributed by atoms with E-state index < -0.39 is 0 Å². The van der Waals surface area contributed by atoms with Crippen LogP contribution in [-0.2, 0) is 26.6 Å². The first-order chi connectivity index (χ1) is 11.7. The number of carbonyl (C=O) groups excluding carboxylic acids is 1. The van der Waals surface area contributed by atoms with E-state index >= 15 is 0 Å². The molecule has 0 aromatic carbocycles. The van der Waals surface area contributed by atoms with E-state index in [1.54, 1.807) is 21.8 Å². The predicted octanol–water partition coefficient (Wildman–Crippen LogP) is 0.978. The Kier molecular flexibility index (Phi) is 3.33. The minimum Gasteiger partial charge on any atom is -0.332 e. The molecule has 3 aromatic heterocycles. The molecule has 0 saturated heterocycles. The van der Waals surface area contributed by atoms with E-state index in [4.69, 9.17) is 4.52 Å². The van der Waals surface area contributed by atoms with Gasteiger partial charge in [-0.25, -0.2) is 9.97 Å². The fourth-order valence-electron chi connectivity index (χ4n) is 2.78. The molecule has 0 unspecified atom stereocenters. The van der Waals surface area contributed by atoms with Crippen molar-refractivity contribution in [2.45, 2.75) is 26.4 Å². The summed E-state index contributed by atoms with van der Waals surface area (Å²) in [5.74, 6) is 0.885. The van der Waals surface area contributed by atoms with Crippen molar-refractivity contribution in [2.75, 3.05) is 0 Å². The van der Waals surface area contributed by atoms with Gasteiger partial charge in [0, 0.05) is 25.2 Å². The quantitative estimate of drug-likeness (QED) is 0.707. The summed E-state index contributed by atoms with van der Waals surface area (Å²) in [6.07, 6.45) is 3.62. The lowest BCUT2D eigenvalue weighted by atomic mass is 10.2. The molecule has 4 heterocycles. The van der Waals surface area contributed by atoms with Gasteiger partial charge in [0.05, 0.1) is 18.8 Å². The average Bonchev–Trinajstić information content (AvgIpc) is 3.31. The van der Waals surface area contributed by atoms with Crippen molar-refractivity contribution in [1.29, 1.82) is 0 Å². The molecule has 0 fully saturated rings. The van der Waals surface area contributed by atoms with Gasteiger partial charge in [0.25, 0.3) is 11.8 Å². The van der Waals surface area contributed by atoms with Crippen LogP contribution in [0.4, 0.5) is 0 Å². The molecule has 24 heavy (non-hydrogen) atoms. The van der Waals surface area contributed by atoms with E-state index in [1.165, 1.54) is 6.33 Å². The highest BCUT2D eigenvalue weighted by atomic mass is 16.5. The Bertz CT molecular complexity index is 900. The summed E-state index contributed by atoms with van der Waals surface area (Å²) < 4.78 is 7.06. The topological polar surface area (TPSA) is 103 Å². The van der Waals surface area contributed by atoms with Crippen LogP contribution in [0.2, 0.25) is 0 Å². The van der Waals surface area contributed by atoms with Gasteiger partial charge >= 0.3 is 0 Å². The molecule has 1 aliphatic rings. The van der Waals surface area contributed by atoms with Crippen molar-refractivity contribution in [1.82, 2.24) is 34.8 Å². The van der Waals surface area contributed by atoms with Crippen LogP contribution < -0.4 is 0 Å². The number of fused-ring (bicyclic) bond motifs is 1. The molecule has 0 saturated carbocycles. The van der Waals surface area contributed by atoms with Crippen LogP contribution in [-0.4, -0.2) is 40.7 Å². The number of amides is 1. The predicted molar refractivity (Wildman–Crippen MR) is 81.5 cm³/mol. The van der Waals surface area contributed by atoms with E-state index in [-0.39, 0.29) is 5.91 Å². The normalized spacial score (nSPS) is 13.3. The van der Waals surface area contributed by atoms with Crippen LogP contribution in [0.25, 0.3) is 11.6 Å². The Balaban J connectivity index is 1.65. The van der Waals surface area contributed by atoms with Crippen LogP contribution in [0, 0.1) is 0 Å². The molecule has 0 radical (unpaired) electrons. The molecule has 9 heteroatoms. The summed E-state index contributed by atoms with van der Waals surface area (Å²) in [6, 6.07) is 1.61. The molecule has 122 valence electrons. The molecule has 0 N–H and O–H groups in total. The lowest BCUT2D eigenvalue weighted by molar-refractivity contribution is 0.0742. The van der Waals surface area contributed by atoms with Crippen molar-refractivity contribution in [2.24, 2.45) is 7.05 Å². The molecule has 0 aliphatic carbocycles. The summed E-state index contributed by atoms with van der Waals surface area (Å²) in [5.41, 5.74) is 2.91. The van der Waals surface area contributed by atoms with E-state index in [2.05, 4.69) is 25.2 Å². The second kappa shape index (κ2) is 5.52. The summed E-state index contributed by atoms with van der Waals surface area (Å²) in [5, 5.41) is 8.39. The molecule has 1 amide bonds. The van der Waals surface area contributed by atoms with Crippen molar-refractivity contribution in [3.8, 4) is 11.6 Å². The lowest BCUT2D eigenvalue weighted by Gasteiger charge is -2.15. The number of carbonyl (C=O) groups is 1. The van der Waals surface area contributed by atoms with Gasteiger partial charge in [-0.2, -0.15) is 10.1 Å². The summed E-state index contributed by atoms with van der Waals surface area (Å²) in [7, 11) is 1.85. The van der Waals surface area contributed by atoms with Crippen LogP contribution in [0.3, 0.4) is 0 Å². The van der Waals surface area contributed by atoms with Gasteiger partial charge in [0.15, 0.2) is 11.5 Å². The van der Waals surface area contributed by atoms with Crippen molar-refractivity contribution < 1.29 is 9.32 Å². The Hall–Kier alpha value is -3.10. The fourth-order valence-corrected chi connectivity index (χ4v) is 2.78. The molecule has 4 rings (SSSR count). The first-order valence-corrected chi connectivity index (χ1v) is 7.60. The molecule has 3 aromatic rings. The van der Waals surface area contributed by atoms with Gasteiger partial charge in [0.2, 0.25) is 0 Å². The first kappa shape index (κ1) is 14.5. The number of nitrogens with zero attached hydrogens (tertiary/aromatic N) is 7. The molecular weight excluding hydrogens is 310 g/mol. The molecular formula is C15H15N7O2. The monoisotopic (exact) mass is 325 g/mol. The Labute approximate surface area is 137 Å². The highest BCUT2D eigenvalue weighted by molar-refractivity contribution is 5.92. The van der Waals surface area contributed by atoms with Crippen molar-refractivity contribution >= 4 is 5.91 Å². The zero-order valence-electron chi connectivity index (χ0n) is 13.3. The minimum absolute atomic E-state index is 0.140. The van der Waals surface area contributed by atoms with Gasteiger partial charge in [0.1, 0.15) is 12.0 Å². The molecule has 0 bridgehead atoms. The largest absolute Gasteiger partial charge is 0.332 e. The van der Waals surface area contributed by atoms with Crippen LogP contribution in [0.15, 0.2) is 23.1 Å². The van der Waals surface area contributed by atoms with Gasteiger partial charge < -0.3 is 9.42 Å². The summed E-state index contributed by atoms with van der Waals surface area (Å²) >= 11 is 0. The third-order valence-electron chi connectivity index (χ3n) is 4.04. The SMILES string of the molecule is CCc1noc(-c2nn(C)c3c2CN(C(=O)c2ccncn2)C3)n1. The van der Waals surface area contributed by atoms with Gasteiger partial charge in [-0.3, -0.25) is 9.48 Å². The van der Waals surface area contributed by atoms with Gasteiger partial charge in [-0.05, 0) is 6.07 Å². The third-order valence-corrected chi connectivity index (χ3v) is 4.04.